The first-order valence-electron chi connectivity index (χ1n) is 6.89. The van der Waals surface area contributed by atoms with Gasteiger partial charge in [-0.05, 0) is 32.2 Å². The Labute approximate surface area is 103 Å². The minimum absolute atomic E-state index is 0.0930. The number of piperidine rings is 2. The number of amides is 1. The first-order valence-corrected chi connectivity index (χ1v) is 6.89. The molecule has 4 heteroatoms. The Morgan fingerprint density at radius 1 is 1.24 bits per heavy atom. The van der Waals surface area contributed by atoms with Crippen LogP contribution < -0.4 is 5.32 Å². The Morgan fingerprint density at radius 3 is 2.53 bits per heavy atom. The van der Waals surface area contributed by atoms with Gasteiger partial charge < -0.3 is 15.0 Å². The van der Waals surface area contributed by atoms with Crippen LogP contribution in [0.15, 0.2) is 0 Å². The lowest BCUT2D eigenvalue weighted by molar-refractivity contribution is -0.154. The number of rotatable bonds is 1. The fraction of sp³-hybridized carbons (Fsp3) is 0.923. The largest absolute Gasteiger partial charge is 0.380 e. The van der Waals surface area contributed by atoms with Crippen molar-refractivity contribution in [3.8, 4) is 0 Å². The number of nitrogens with one attached hydrogen (secondary N) is 1. The van der Waals surface area contributed by atoms with Gasteiger partial charge in [0.05, 0.1) is 19.3 Å². The van der Waals surface area contributed by atoms with Gasteiger partial charge in [-0.1, -0.05) is 6.42 Å². The van der Waals surface area contributed by atoms with E-state index in [1.54, 1.807) is 0 Å². The quantitative estimate of drug-likeness (QED) is 0.733. The normalized spacial score (nSPS) is 32.2. The molecule has 3 saturated heterocycles. The fourth-order valence-corrected chi connectivity index (χ4v) is 3.16. The van der Waals surface area contributed by atoms with Crippen molar-refractivity contribution < 1.29 is 9.53 Å². The molecule has 0 unspecified atom stereocenters. The van der Waals surface area contributed by atoms with Crippen LogP contribution >= 0.6 is 0 Å². The summed E-state index contributed by atoms with van der Waals surface area (Å²) in [6, 6.07) is 0.0930. The zero-order chi connectivity index (χ0) is 11.7. The van der Waals surface area contributed by atoms with Crippen molar-refractivity contribution in [2.75, 3.05) is 32.8 Å². The first-order chi connectivity index (χ1) is 8.29. The number of hydrogen-bond donors (Lipinski definition) is 1. The molecule has 0 aliphatic carbocycles. The molecule has 0 bridgehead atoms. The summed E-state index contributed by atoms with van der Waals surface area (Å²) in [6.45, 7) is 4.69. The van der Waals surface area contributed by atoms with Crippen LogP contribution in [0.3, 0.4) is 0 Å². The molecule has 0 radical (unpaired) electrons. The molecule has 0 aromatic carbocycles. The van der Waals surface area contributed by atoms with Crippen molar-refractivity contribution in [2.45, 2.75) is 38.1 Å². The van der Waals surface area contributed by atoms with Gasteiger partial charge in [0.15, 0.2) is 0 Å². The molecular weight excluding hydrogens is 216 g/mol. The number of carbonyl (C=O) groups excluding carboxylic acids is 1. The van der Waals surface area contributed by atoms with Crippen molar-refractivity contribution in [1.29, 1.82) is 0 Å². The Balaban J connectivity index is 1.53. The Morgan fingerprint density at radius 2 is 2.00 bits per heavy atom. The predicted octanol–water partition coefficient (Wildman–Crippen LogP) is 0.767. The highest BCUT2D eigenvalue weighted by Gasteiger charge is 2.42. The van der Waals surface area contributed by atoms with E-state index < -0.39 is 0 Å². The average Bonchev–Trinajstić information content (AvgIpc) is 2.37. The minimum atomic E-state index is 0.0930. The molecule has 1 atom stereocenters. The molecule has 3 fully saturated rings. The van der Waals surface area contributed by atoms with E-state index in [4.69, 9.17) is 4.74 Å². The summed E-state index contributed by atoms with van der Waals surface area (Å²) in [5.74, 6) is 0.333. The van der Waals surface area contributed by atoms with Crippen LogP contribution in [0.5, 0.6) is 0 Å². The first kappa shape index (κ1) is 11.5. The molecule has 3 aliphatic heterocycles. The van der Waals surface area contributed by atoms with E-state index in [-0.39, 0.29) is 6.04 Å². The summed E-state index contributed by atoms with van der Waals surface area (Å²) >= 11 is 0. The fourth-order valence-electron chi connectivity index (χ4n) is 3.16. The van der Waals surface area contributed by atoms with Crippen LogP contribution in [0, 0.1) is 5.41 Å². The van der Waals surface area contributed by atoms with Crippen LogP contribution in [0.2, 0.25) is 0 Å². The molecule has 1 spiro atoms. The number of carbonyl (C=O) groups is 1. The van der Waals surface area contributed by atoms with Crippen molar-refractivity contribution in [3.63, 3.8) is 0 Å². The van der Waals surface area contributed by atoms with Gasteiger partial charge in [0.2, 0.25) is 5.91 Å². The molecule has 1 amide bonds. The lowest BCUT2D eigenvalue weighted by atomic mass is 9.76. The van der Waals surface area contributed by atoms with Crippen molar-refractivity contribution in [2.24, 2.45) is 5.41 Å². The summed E-state index contributed by atoms with van der Waals surface area (Å²) < 4.78 is 5.31. The molecular formula is C13H22N2O2. The van der Waals surface area contributed by atoms with Gasteiger partial charge in [-0.25, -0.2) is 0 Å². The zero-order valence-electron chi connectivity index (χ0n) is 10.4. The molecule has 0 aromatic heterocycles. The molecule has 3 rings (SSSR count). The number of hydrogen-bond acceptors (Lipinski definition) is 3. The second-order valence-corrected chi connectivity index (χ2v) is 5.82. The van der Waals surface area contributed by atoms with Gasteiger partial charge in [0.25, 0.3) is 0 Å². The molecule has 96 valence electrons. The third kappa shape index (κ3) is 2.20. The molecule has 0 saturated carbocycles. The van der Waals surface area contributed by atoms with Crippen LogP contribution in [-0.4, -0.2) is 49.7 Å². The predicted molar refractivity (Wildman–Crippen MR) is 64.7 cm³/mol. The summed E-state index contributed by atoms with van der Waals surface area (Å²) in [5.41, 5.74) is 0.427. The summed E-state index contributed by atoms with van der Waals surface area (Å²) in [5, 5.41) is 3.35. The standard InChI is InChI=1S/C13H22N2O2/c16-12(11-3-1-2-6-14-11)15-7-4-13(5-8-15)9-17-10-13/h11,14H,1-10H2/t11-/m1/s1. The number of likely N-dealkylation sites (tertiary alicyclic amines) is 1. The summed E-state index contributed by atoms with van der Waals surface area (Å²) in [7, 11) is 0. The maximum Gasteiger partial charge on any atom is 0.239 e. The third-order valence-corrected chi connectivity index (χ3v) is 4.56. The highest BCUT2D eigenvalue weighted by molar-refractivity contribution is 5.82. The van der Waals surface area contributed by atoms with E-state index in [1.807, 2.05) is 0 Å². The van der Waals surface area contributed by atoms with Crippen LogP contribution in [0.1, 0.15) is 32.1 Å². The van der Waals surface area contributed by atoms with Gasteiger partial charge in [0.1, 0.15) is 0 Å². The smallest absolute Gasteiger partial charge is 0.239 e. The molecule has 1 N–H and O–H groups in total. The molecule has 3 heterocycles. The van der Waals surface area contributed by atoms with E-state index >= 15 is 0 Å². The summed E-state index contributed by atoms with van der Waals surface area (Å²) in [6.07, 6.45) is 5.68. The van der Waals surface area contributed by atoms with Crippen molar-refractivity contribution in [3.05, 3.63) is 0 Å². The van der Waals surface area contributed by atoms with Gasteiger partial charge in [0, 0.05) is 18.5 Å². The second kappa shape index (κ2) is 4.58. The summed E-state index contributed by atoms with van der Waals surface area (Å²) in [4.78, 5) is 14.4. The van der Waals surface area contributed by atoms with Crippen LogP contribution in [0.4, 0.5) is 0 Å². The van der Waals surface area contributed by atoms with E-state index in [1.165, 1.54) is 12.8 Å². The highest BCUT2D eigenvalue weighted by Crippen LogP contribution is 2.38. The van der Waals surface area contributed by atoms with Crippen LogP contribution in [0.25, 0.3) is 0 Å². The Kier molecular flexibility index (Phi) is 3.09. The average molecular weight is 238 g/mol. The van der Waals surface area contributed by atoms with Crippen molar-refractivity contribution in [1.82, 2.24) is 10.2 Å². The molecule has 0 aromatic rings. The monoisotopic (exact) mass is 238 g/mol. The van der Waals surface area contributed by atoms with Crippen molar-refractivity contribution >= 4 is 5.91 Å². The maximum atomic E-state index is 12.3. The van der Waals surface area contributed by atoms with Gasteiger partial charge >= 0.3 is 0 Å². The number of ether oxygens (including phenoxy) is 1. The Bertz CT molecular complexity index is 286. The third-order valence-electron chi connectivity index (χ3n) is 4.56. The minimum Gasteiger partial charge on any atom is -0.380 e. The lowest BCUT2D eigenvalue weighted by Gasteiger charge is -2.47. The molecule has 17 heavy (non-hydrogen) atoms. The SMILES string of the molecule is O=C([C@H]1CCCCN1)N1CCC2(CC1)COC2. The highest BCUT2D eigenvalue weighted by atomic mass is 16.5. The van der Waals surface area contributed by atoms with E-state index in [9.17, 15) is 4.79 Å². The van der Waals surface area contributed by atoms with E-state index in [2.05, 4.69) is 10.2 Å². The maximum absolute atomic E-state index is 12.3. The van der Waals surface area contributed by atoms with E-state index in [0.717, 1.165) is 52.1 Å². The number of nitrogens with zero attached hydrogens (tertiary/aromatic N) is 1. The van der Waals surface area contributed by atoms with E-state index in [0.29, 0.717) is 11.3 Å². The van der Waals surface area contributed by atoms with Crippen LogP contribution in [-0.2, 0) is 9.53 Å². The second-order valence-electron chi connectivity index (χ2n) is 5.82. The molecule has 4 nitrogen and oxygen atoms in total. The Hall–Kier alpha value is -0.610. The molecule has 3 aliphatic rings. The van der Waals surface area contributed by atoms with Gasteiger partial charge in [-0.15, -0.1) is 0 Å². The van der Waals surface area contributed by atoms with Gasteiger partial charge in [-0.3, -0.25) is 4.79 Å². The zero-order valence-corrected chi connectivity index (χ0v) is 10.4. The lowest BCUT2D eigenvalue weighted by Crippen LogP contribution is -2.55. The topological polar surface area (TPSA) is 41.6 Å². The van der Waals surface area contributed by atoms with Gasteiger partial charge in [-0.2, -0.15) is 0 Å².